The molecule has 0 aliphatic heterocycles. The maximum Gasteiger partial charge on any atom is 0.169 e. The minimum absolute atomic E-state index is 0.272. The van der Waals surface area contributed by atoms with E-state index in [0.29, 0.717) is 11.7 Å². The van der Waals surface area contributed by atoms with Crippen LogP contribution in [0.5, 0.6) is 0 Å². The van der Waals surface area contributed by atoms with Gasteiger partial charge in [0.25, 0.3) is 0 Å². The first-order valence-electron chi connectivity index (χ1n) is 6.97. The summed E-state index contributed by atoms with van der Waals surface area (Å²) in [4.78, 5) is 12.7. The molecule has 0 heterocycles. The Morgan fingerprint density at radius 3 is 2.47 bits per heavy atom. The molecular formula is C18H20O. The van der Waals surface area contributed by atoms with Crippen molar-refractivity contribution < 1.29 is 4.79 Å². The van der Waals surface area contributed by atoms with E-state index < -0.39 is 0 Å². The summed E-state index contributed by atoms with van der Waals surface area (Å²) in [7, 11) is 0. The molecule has 98 valence electrons. The lowest BCUT2D eigenvalue weighted by Crippen LogP contribution is -2.30. The number of carbonyl (C=O) groups is 1. The van der Waals surface area contributed by atoms with Crippen molar-refractivity contribution in [1.82, 2.24) is 0 Å². The second-order valence-corrected chi connectivity index (χ2v) is 6.26. The fourth-order valence-corrected chi connectivity index (χ4v) is 3.56. The minimum atomic E-state index is -0.318. The quantitative estimate of drug-likeness (QED) is 0.541. The van der Waals surface area contributed by atoms with Crippen LogP contribution in [-0.2, 0) is 4.79 Å². The van der Waals surface area contributed by atoms with Crippen LogP contribution in [0.3, 0.4) is 0 Å². The summed E-state index contributed by atoms with van der Waals surface area (Å²) >= 11 is 0. The van der Waals surface area contributed by atoms with Crippen LogP contribution < -0.4 is 0 Å². The van der Waals surface area contributed by atoms with Crippen molar-refractivity contribution >= 4 is 11.9 Å². The van der Waals surface area contributed by atoms with Crippen molar-refractivity contribution in [3.63, 3.8) is 0 Å². The zero-order valence-corrected chi connectivity index (χ0v) is 11.9. The van der Waals surface area contributed by atoms with Crippen LogP contribution in [0.4, 0.5) is 0 Å². The zero-order valence-electron chi connectivity index (χ0n) is 11.9. The molecule has 1 heteroatoms. The van der Waals surface area contributed by atoms with Gasteiger partial charge >= 0.3 is 0 Å². The lowest BCUT2D eigenvalue weighted by molar-refractivity contribution is -0.123. The first-order chi connectivity index (χ1) is 8.94. The number of Topliss-reactive ketones (excluding diaryl/α,β-unsaturated/α-hetero) is 1. The number of hydrogen-bond acceptors (Lipinski definition) is 1. The van der Waals surface area contributed by atoms with Gasteiger partial charge in [0, 0.05) is 11.5 Å². The van der Waals surface area contributed by atoms with E-state index in [4.69, 9.17) is 0 Å². The van der Waals surface area contributed by atoms with Gasteiger partial charge in [-0.15, -0.1) is 0 Å². The second kappa shape index (κ2) is 3.93. The number of benzene rings is 1. The average Bonchev–Trinajstić information content (AvgIpc) is 2.71. The molecule has 2 fully saturated rings. The number of ketones is 1. The van der Waals surface area contributed by atoms with E-state index in [1.54, 1.807) is 0 Å². The number of carbonyl (C=O) groups excluding carboxylic acids is 1. The Labute approximate surface area is 115 Å². The van der Waals surface area contributed by atoms with Gasteiger partial charge in [0.05, 0.1) is 5.41 Å². The molecule has 1 nitrogen and oxygen atoms in total. The zero-order chi connectivity index (χ0) is 13.8. The first-order valence-corrected chi connectivity index (χ1v) is 6.97. The summed E-state index contributed by atoms with van der Waals surface area (Å²) in [6.45, 7) is 10.5. The first kappa shape index (κ1) is 12.4. The SMILES string of the molecule is C=C1C2CC(C)C1(C)C(=O)/C2=C/c1ccc(C)cc1. The van der Waals surface area contributed by atoms with Gasteiger partial charge in [-0.2, -0.15) is 0 Å². The Balaban J connectivity index is 2.02. The van der Waals surface area contributed by atoms with Crippen LogP contribution in [0.2, 0.25) is 0 Å². The van der Waals surface area contributed by atoms with Gasteiger partial charge in [0.1, 0.15) is 0 Å². The Kier molecular flexibility index (Phi) is 2.57. The van der Waals surface area contributed by atoms with Gasteiger partial charge in [-0.1, -0.05) is 48.9 Å². The Hall–Kier alpha value is -1.63. The lowest BCUT2D eigenvalue weighted by atomic mass is 9.74. The van der Waals surface area contributed by atoms with Gasteiger partial charge in [-0.3, -0.25) is 4.79 Å². The van der Waals surface area contributed by atoms with E-state index in [1.165, 1.54) is 5.56 Å². The summed E-state index contributed by atoms with van der Waals surface area (Å²) < 4.78 is 0. The molecule has 19 heavy (non-hydrogen) atoms. The summed E-state index contributed by atoms with van der Waals surface area (Å²) in [6.07, 6.45) is 3.13. The number of fused-ring (bicyclic) bond motifs is 2. The van der Waals surface area contributed by atoms with Gasteiger partial charge in [-0.25, -0.2) is 0 Å². The van der Waals surface area contributed by atoms with Crippen molar-refractivity contribution in [3.8, 4) is 0 Å². The predicted octanol–water partition coefficient (Wildman–Crippen LogP) is 4.18. The standard InChI is InChI=1S/C18H20O/c1-11-5-7-14(8-6-11)10-16-15-9-12(2)18(4,13(15)3)17(16)19/h5-8,10,12,15H,3,9H2,1-2,4H3/b16-10+. The van der Waals surface area contributed by atoms with E-state index in [0.717, 1.165) is 23.1 Å². The molecule has 2 aliphatic carbocycles. The summed E-state index contributed by atoms with van der Waals surface area (Å²) in [5.74, 6) is 0.989. The van der Waals surface area contributed by atoms with E-state index in [2.05, 4.69) is 57.7 Å². The third-order valence-electron chi connectivity index (χ3n) is 5.17. The number of hydrogen-bond donors (Lipinski definition) is 0. The third kappa shape index (κ3) is 1.57. The maximum absolute atomic E-state index is 12.7. The summed E-state index contributed by atoms with van der Waals surface area (Å²) in [5.41, 5.74) is 4.14. The highest BCUT2D eigenvalue weighted by Crippen LogP contribution is 2.60. The Morgan fingerprint density at radius 1 is 1.32 bits per heavy atom. The summed E-state index contributed by atoms with van der Waals surface area (Å²) in [6, 6.07) is 8.33. The van der Waals surface area contributed by atoms with Crippen molar-refractivity contribution in [1.29, 1.82) is 0 Å². The van der Waals surface area contributed by atoms with E-state index >= 15 is 0 Å². The van der Waals surface area contributed by atoms with Crippen LogP contribution in [0.1, 0.15) is 31.4 Å². The third-order valence-corrected chi connectivity index (χ3v) is 5.17. The molecule has 3 atom stereocenters. The minimum Gasteiger partial charge on any atom is -0.294 e. The molecule has 2 bridgehead atoms. The van der Waals surface area contributed by atoms with Crippen LogP contribution in [0.25, 0.3) is 6.08 Å². The molecule has 0 aromatic heterocycles. The van der Waals surface area contributed by atoms with Crippen molar-refractivity contribution in [2.45, 2.75) is 27.2 Å². The molecule has 1 aromatic rings. The fraction of sp³-hybridized carbons (Fsp3) is 0.389. The number of allylic oxidation sites excluding steroid dienone is 2. The summed E-state index contributed by atoms with van der Waals surface area (Å²) in [5, 5.41) is 0. The van der Waals surface area contributed by atoms with Gasteiger partial charge < -0.3 is 0 Å². The average molecular weight is 252 g/mol. The normalized spacial score (nSPS) is 35.4. The lowest BCUT2D eigenvalue weighted by Gasteiger charge is -2.27. The van der Waals surface area contributed by atoms with Gasteiger partial charge in [-0.05, 0) is 37.8 Å². The molecule has 2 aliphatic rings. The van der Waals surface area contributed by atoms with Crippen LogP contribution >= 0.6 is 0 Å². The largest absolute Gasteiger partial charge is 0.294 e. The highest BCUT2D eigenvalue weighted by Gasteiger charge is 2.58. The smallest absolute Gasteiger partial charge is 0.169 e. The fourth-order valence-electron chi connectivity index (χ4n) is 3.56. The van der Waals surface area contributed by atoms with Crippen molar-refractivity contribution in [2.24, 2.45) is 17.3 Å². The van der Waals surface area contributed by atoms with Crippen LogP contribution in [-0.4, -0.2) is 5.78 Å². The van der Waals surface area contributed by atoms with Crippen molar-refractivity contribution in [2.75, 3.05) is 0 Å². The Bertz CT molecular complexity index is 591. The topological polar surface area (TPSA) is 17.1 Å². The molecule has 0 amide bonds. The molecule has 0 saturated heterocycles. The monoisotopic (exact) mass is 252 g/mol. The number of rotatable bonds is 1. The molecule has 1 aromatic carbocycles. The molecule has 2 saturated carbocycles. The Morgan fingerprint density at radius 2 is 1.95 bits per heavy atom. The van der Waals surface area contributed by atoms with Gasteiger partial charge in [0.2, 0.25) is 0 Å². The number of aryl methyl sites for hydroxylation is 1. The van der Waals surface area contributed by atoms with Crippen molar-refractivity contribution in [3.05, 3.63) is 53.1 Å². The van der Waals surface area contributed by atoms with E-state index in [9.17, 15) is 4.79 Å². The highest BCUT2D eigenvalue weighted by molar-refractivity contribution is 6.10. The maximum atomic E-state index is 12.7. The molecule has 3 rings (SSSR count). The van der Waals surface area contributed by atoms with E-state index in [1.807, 2.05) is 0 Å². The van der Waals surface area contributed by atoms with E-state index in [-0.39, 0.29) is 11.3 Å². The van der Waals surface area contributed by atoms with Crippen LogP contribution in [0, 0.1) is 24.2 Å². The molecule has 0 N–H and O–H groups in total. The molecular weight excluding hydrogens is 232 g/mol. The molecule has 3 unspecified atom stereocenters. The molecule has 0 spiro atoms. The molecule has 0 radical (unpaired) electrons. The van der Waals surface area contributed by atoms with Gasteiger partial charge in [0.15, 0.2) is 5.78 Å². The highest BCUT2D eigenvalue weighted by atomic mass is 16.1. The predicted molar refractivity (Wildman–Crippen MR) is 78.7 cm³/mol. The van der Waals surface area contributed by atoms with Crippen LogP contribution in [0.15, 0.2) is 42.0 Å². The second-order valence-electron chi connectivity index (χ2n) is 6.26.